The maximum Gasteiger partial charge on any atom is 0.255 e. The molecule has 0 aliphatic carbocycles. The van der Waals surface area contributed by atoms with Crippen LogP contribution in [0.5, 0.6) is 0 Å². The van der Waals surface area contributed by atoms with Crippen LogP contribution in [0.3, 0.4) is 0 Å². The predicted octanol–water partition coefficient (Wildman–Crippen LogP) is 1.33. The van der Waals surface area contributed by atoms with Gasteiger partial charge in [-0.15, -0.1) is 0 Å². The zero-order chi connectivity index (χ0) is 13.5. The number of pyridine rings is 1. The molecule has 0 saturated heterocycles. The van der Waals surface area contributed by atoms with E-state index in [9.17, 15) is 9.59 Å². The zero-order valence-electron chi connectivity index (χ0n) is 10.4. The Morgan fingerprint density at radius 3 is 2.61 bits per heavy atom. The molecule has 0 aliphatic rings. The molecular weight excluding hydrogens is 254 g/mol. The lowest BCUT2D eigenvalue weighted by molar-refractivity contribution is -0.121. The summed E-state index contributed by atoms with van der Waals surface area (Å²) in [6.45, 7) is 4.71. The van der Waals surface area contributed by atoms with Gasteiger partial charge in [0.15, 0.2) is 0 Å². The highest BCUT2D eigenvalue weighted by atomic mass is 35.5. The average Bonchev–Trinajstić information content (AvgIpc) is 2.36. The lowest BCUT2D eigenvalue weighted by atomic mass is 10.2. The minimum atomic E-state index is -0.229. The molecule has 1 rings (SSSR count). The first-order chi connectivity index (χ1) is 8.58. The molecule has 18 heavy (non-hydrogen) atoms. The Hall–Kier alpha value is -1.62. The van der Waals surface area contributed by atoms with Gasteiger partial charge in [-0.3, -0.25) is 9.59 Å². The normalized spacial score (nSPS) is 9.94. The van der Waals surface area contributed by atoms with Gasteiger partial charge >= 0.3 is 0 Å². The van der Waals surface area contributed by atoms with Gasteiger partial charge in [0.25, 0.3) is 5.91 Å². The molecule has 0 aromatic carbocycles. The molecule has 2 amide bonds. The van der Waals surface area contributed by atoms with E-state index < -0.39 is 0 Å². The van der Waals surface area contributed by atoms with Crippen LogP contribution in [-0.4, -0.2) is 41.3 Å². The van der Waals surface area contributed by atoms with Crippen molar-refractivity contribution in [1.82, 2.24) is 15.2 Å². The Morgan fingerprint density at radius 2 is 2.11 bits per heavy atom. The Labute approximate surface area is 111 Å². The van der Waals surface area contributed by atoms with Gasteiger partial charge in [0.05, 0.1) is 12.1 Å². The van der Waals surface area contributed by atoms with Gasteiger partial charge in [0, 0.05) is 19.3 Å². The van der Waals surface area contributed by atoms with Crippen molar-refractivity contribution in [2.24, 2.45) is 0 Å². The number of rotatable bonds is 5. The van der Waals surface area contributed by atoms with Crippen molar-refractivity contribution < 1.29 is 9.59 Å². The van der Waals surface area contributed by atoms with E-state index in [0.717, 1.165) is 0 Å². The van der Waals surface area contributed by atoms with Gasteiger partial charge in [0.2, 0.25) is 5.91 Å². The van der Waals surface area contributed by atoms with E-state index in [1.165, 1.54) is 11.1 Å². The van der Waals surface area contributed by atoms with Crippen LogP contribution in [0.1, 0.15) is 24.2 Å². The highest BCUT2D eigenvalue weighted by molar-refractivity contribution is 6.29. The minimum Gasteiger partial charge on any atom is -0.355 e. The van der Waals surface area contributed by atoms with Crippen LogP contribution in [0.4, 0.5) is 0 Å². The van der Waals surface area contributed by atoms with Crippen molar-refractivity contribution >= 4 is 23.4 Å². The summed E-state index contributed by atoms with van der Waals surface area (Å²) in [5.74, 6) is -0.400. The molecule has 1 aromatic heterocycles. The summed E-state index contributed by atoms with van der Waals surface area (Å²) in [4.78, 5) is 28.9. The molecular formula is C12H16ClN3O2. The van der Waals surface area contributed by atoms with E-state index in [1.54, 1.807) is 12.1 Å². The molecule has 0 fully saturated rings. The Morgan fingerprint density at radius 1 is 1.39 bits per heavy atom. The summed E-state index contributed by atoms with van der Waals surface area (Å²) in [5.41, 5.74) is 0.422. The van der Waals surface area contributed by atoms with Gasteiger partial charge in [-0.2, -0.15) is 0 Å². The predicted molar refractivity (Wildman–Crippen MR) is 69.5 cm³/mol. The fraction of sp³-hybridized carbons (Fsp3) is 0.417. The Bertz CT molecular complexity index is 420. The van der Waals surface area contributed by atoms with Gasteiger partial charge in [-0.05, 0) is 26.0 Å². The standard InChI is InChI=1S/C12H16ClN3O2/c1-3-14-11(17)8-16(4-2)12(18)9-5-6-10(13)15-7-9/h5-7H,3-4,8H2,1-2H3,(H,14,17). The van der Waals surface area contributed by atoms with Crippen LogP contribution >= 0.6 is 11.6 Å². The topological polar surface area (TPSA) is 62.3 Å². The maximum absolute atomic E-state index is 12.1. The summed E-state index contributed by atoms with van der Waals surface area (Å²) < 4.78 is 0. The first kappa shape index (κ1) is 14.4. The molecule has 0 bridgehead atoms. The number of hydrogen-bond acceptors (Lipinski definition) is 3. The van der Waals surface area contributed by atoms with Gasteiger partial charge < -0.3 is 10.2 Å². The number of aromatic nitrogens is 1. The fourth-order valence-electron chi connectivity index (χ4n) is 1.44. The second kappa shape index (κ2) is 6.96. The monoisotopic (exact) mass is 269 g/mol. The lowest BCUT2D eigenvalue weighted by Gasteiger charge is -2.20. The van der Waals surface area contributed by atoms with E-state index in [2.05, 4.69) is 10.3 Å². The maximum atomic E-state index is 12.1. The van der Waals surface area contributed by atoms with Crippen LogP contribution in [0, 0.1) is 0 Å². The molecule has 0 saturated carbocycles. The summed E-state index contributed by atoms with van der Waals surface area (Å²) >= 11 is 5.66. The largest absolute Gasteiger partial charge is 0.355 e. The van der Waals surface area contributed by atoms with E-state index in [4.69, 9.17) is 11.6 Å². The minimum absolute atomic E-state index is 0.0474. The molecule has 0 radical (unpaired) electrons. The molecule has 0 aliphatic heterocycles. The molecule has 0 atom stereocenters. The Balaban J connectivity index is 2.73. The highest BCUT2D eigenvalue weighted by Crippen LogP contribution is 2.08. The lowest BCUT2D eigenvalue weighted by Crippen LogP contribution is -2.40. The summed E-state index contributed by atoms with van der Waals surface area (Å²) in [7, 11) is 0. The Kier molecular flexibility index (Phi) is 5.58. The van der Waals surface area contributed by atoms with E-state index in [-0.39, 0.29) is 18.4 Å². The quantitative estimate of drug-likeness (QED) is 0.821. The number of carbonyl (C=O) groups excluding carboxylic acids is 2. The van der Waals surface area contributed by atoms with E-state index in [0.29, 0.717) is 23.8 Å². The van der Waals surface area contributed by atoms with Crippen molar-refractivity contribution in [2.75, 3.05) is 19.6 Å². The van der Waals surface area contributed by atoms with Gasteiger partial charge in [0.1, 0.15) is 5.15 Å². The van der Waals surface area contributed by atoms with Crippen LogP contribution in [0.2, 0.25) is 5.15 Å². The van der Waals surface area contributed by atoms with Crippen LogP contribution in [0.25, 0.3) is 0 Å². The number of hydrogen-bond donors (Lipinski definition) is 1. The smallest absolute Gasteiger partial charge is 0.255 e. The van der Waals surface area contributed by atoms with Crippen molar-refractivity contribution in [3.8, 4) is 0 Å². The molecule has 0 unspecified atom stereocenters. The van der Waals surface area contributed by atoms with Crippen molar-refractivity contribution in [3.63, 3.8) is 0 Å². The van der Waals surface area contributed by atoms with Crippen molar-refractivity contribution in [3.05, 3.63) is 29.0 Å². The number of nitrogens with zero attached hydrogens (tertiary/aromatic N) is 2. The molecule has 1 heterocycles. The molecule has 1 aromatic rings. The molecule has 0 spiro atoms. The second-order valence-electron chi connectivity index (χ2n) is 3.64. The summed E-state index contributed by atoms with van der Waals surface area (Å²) in [5, 5.41) is 2.99. The molecule has 98 valence electrons. The summed E-state index contributed by atoms with van der Waals surface area (Å²) in [6.07, 6.45) is 1.41. The third kappa shape index (κ3) is 4.00. The highest BCUT2D eigenvalue weighted by Gasteiger charge is 2.17. The number of nitrogens with one attached hydrogen (secondary N) is 1. The first-order valence-electron chi connectivity index (χ1n) is 5.76. The third-order valence-electron chi connectivity index (χ3n) is 2.35. The first-order valence-corrected chi connectivity index (χ1v) is 6.13. The second-order valence-corrected chi connectivity index (χ2v) is 4.03. The van der Waals surface area contributed by atoms with Crippen LogP contribution in [-0.2, 0) is 4.79 Å². The SMILES string of the molecule is CCNC(=O)CN(CC)C(=O)c1ccc(Cl)nc1. The number of carbonyl (C=O) groups is 2. The van der Waals surface area contributed by atoms with Crippen LogP contribution in [0.15, 0.2) is 18.3 Å². The van der Waals surface area contributed by atoms with Crippen LogP contribution < -0.4 is 5.32 Å². The summed E-state index contributed by atoms with van der Waals surface area (Å²) in [6, 6.07) is 3.15. The fourth-order valence-corrected chi connectivity index (χ4v) is 1.55. The van der Waals surface area contributed by atoms with Gasteiger partial charge in [-0.25, -0.2) is 4.98 Å². The number of likely N-dealkylation sites (N-methyl/N-ethyl adjacent to an activating group) is 2. The number of amides is 2. The molecule has 5 nitrogen and oxygen atoms in total. The van der Waals surface area contributed by atoms with Crippen molar-refractivity contribution in [2.45, 2.75) is 13.8 Å². The third-order valence-corrected chi connectivity index (χ3v) is 2.58. The zero-order valence-corrected chi connectivity index (χ0v) is 11.2. The molecule has 6 heteroatoms. The average molecular weight is 270 g/mol. The van der Waals surface area contributed by atoms with E-state index in [1.807, 2.05) is 13.8 Å². The number of halogens is 1. The molecule has 1 N–H and O–H groups in total. The van der Waals surface area contributed by atoms with Crippen molar-refractivity contribution in [1.29, 1.82) is 0 Å². The van der Waals surface area contributed by atoms with Gasteiger partial charge in [-0.1, -0.05) is 11.6 Å². The van der Waals surface area contributed by atoms with E-state index >= 15 is 0 Å².